The van der Waals surface area contributed by atoms with E-state index in [1.54, 1.807) is 18.2 Å². The topological polar surface area (TPSA) is 123 Å². The first-order valence-electron chi connectivity index (χ1n) is 13.0. The summed E-state index contributed by atoms with van der Waals surface area (Å²) in [6.07, 6.45) is 3.06. The highest BCUT2D eigenvalue weighted by Gasteiger charge is 2.14. The van der Waals surface area contributed by atoms with Gasteiger partial charge in [-0.2, -0.15) is 0 Å². The normalized spacial score (nSPS) is 11.5. The molecule has 9 heteroatoms. The Morgan fingerprint density at radius 3 is 2.45 bits per heavy atom. The molecule has 0 radical (unpaired) electrons. The molecule has 4 rings (SSSR count). The van der Waals surface area contributed by atoms with Gasteiger partial charge in [-0.05, 0) is 60.2 Å². The quantitative estimate of drug-likeness (QED) is 0.231. The smallest absolute Gasteiger partial charge is 0.323 e. The number of amides is 2. The van der Waals surface area contributed by atoms with Crippen molar-refractivity contribution in [2.75, 3.05) is 17.2 Å². The van der Waals surface area contributed by atoms with Gasteiger partial charge in [0.1, 0.15) is 5.75 Å². The molecule has 3 aromatic carbocycles. The Labute approximate surface area is 232 Å². The van der Waals surface area contributed by atoms with E-state index in [2.05, 4.69) is 15.6 Å². The lowest BCUT2D eigenvalue weighted by Crippen LogP contribution is -2.22. The van der Waals surface area contributed by atoms with E-state index in [0.717, 1.165) is 16.7 Å². The number of para-hydroxylation sites is 1. The molecule has 0 aliphatic heterocycles. The summed E-state index contributed by atoms with van der Waals surface area (Å²) in [7, 11) is 0. The number of aryl methyl sites for hydroxylation is 1. The molecule has 4 aromatic rings. The van der Waals surface area contributed by atoms with Gasteiger partial charge in [-0.15, -0.1) is 0 Å². The van der Waals surface area contributed by atoms with Crippen molar-refractivity contribution < 1.29 is 19.4 Å². The lowest BCUT2D eigenvalue weighted by atomic mass is 9.97. The average molecular weight is 541 g/mol. The highest BCUT2D eigenvalue weighted by atomic mass is 16.5. The van der Waals surface area contributed by atoms with Crippen molar-refractivity contribution in [1.29, 1.82) is 0 Å². The van der Waals surface area contributed by atoms with Crippen molar-refractivity contribution in [3.63, 3.8) is 0 Å². The second-order valence-electron chi connectivity index (χ2n) is 9.52. The molecule has 0 saturated carbocycles. The van der Waals surface area contributed by atoms with Gasteiger partial charge in [0.05, 0.1) is 37.2 Å². The largest absolute Gasteiger partial charge is 0.492 e. The van der Waals surface area contributed by atoms with E-state index in [1.165, 1.54) is 17.1 Å². The minimum Gasteiger partial charge on any atom is -0.492 e. The van der Waals surface area contributed by atoms with Crippen LogP contribution < -0.4 is 20.9 Å². The van der Waals surface area contributed by atoms with Gasteiger partial charge < -0.3 is 20.5 Å². The van der Waals surface area contributed by atoms with Gasteiger partial charge >= 0.3 is 12.0 Å². The maximum atomic E-state index is 13.4. The van der Waals surface area contributed by atoms with Crippen molar-refractivity contribution in [3.8, 4) is 16.9 Å². The lowest BCUT2D eigenvalue weighted by molar-refractivity contribution is -0.137. The monoisotopic (exact) mass is 540 g/mol. The van der Waals surface area contributed by atoms with E-state index >= 15 is 0 Å². The van der Waals surface area contributed by atoms with Crippen molar-refractivity contribution >= 4 is 23.4 Å². The summed E-state index contributed by atoms with van der Waals surface area (Å²) < 4.78 is 7.31. The van der Waals surface area contributed by atoms with Crippen LogP contribution in [0.3, 0.4) is 0 Å². The number of carboxylic acids is 1. The van der Waals surface area contributed by atoms with Gasteiger partial charge in [-0.3, -0.25) is 14.2 Å². The molecule has 206 valence electrons. The van der Waals surface area contributed by atoms with Crippen LogP contribution in [-0.2, 0) is 11.3 Å². The minimum atomic E-state index is -0.840. The van der Waals surface area contributed by atoms with E-state index in [1.807, 2.05) is 69.3 Å². The van der Waals surface area contributed by atoms with Gasteiger partial charge in [-0.25, -0.2) is 9.78 Å². The summed E-state index contributed by atoms with van der Waals surface area (Å²) in [5.74, 6) is -0.515. The highest BCUT2D eigenvalue weighted by Crippen LogP contribution is 2.30. The predicted octanol–water partition coefficient (Wildman–Crippen LogP) is 5.89. The SMILES string of the molecule is CCOc1cc(-c2cncn(Cc3ccc(C(C)CC(=O)O)cc3)c2=O)ccc1NC(=O)Nc1ccccc1C. The summed E-state index contributed by atoms with van der Waals surface area (Å²) >= 11 is 0. The molecule has 0 spiro atoms. The Balaban J connectivity index is 1.53. The van der Waals surface area contributed by atoms with E-state index < -0.39 is 12.0 Å². The molecule has 0 aliphatic carbocycles. The number of hydrogen-bond donors (Lipinski definition) is 3. The molecule has 1 unspecified atom stereocenters. The Bertz CT molecular complexity index is 1560. The fourth-order valence-electron chi connectivity index (χ4n) is 4.35. The van der Waals surface area contributed by atoms with Gasteiger partial charge in [0, 0.05) is 11.9 Å². The van der Waals surface area contributed by atoms with E-state index in [9.17, 15) is 14.4 Å². The number of carboxylic acid groups (broad SMARTS) is 1. The Hall–Kier alpha value is -4.92. The molecule has 0 fully saturated rings. The van der Waals surface area contributed by atoms with E-state index in [-0.39, 0.29) is 17.9 Å². The molecule has 1 aromatic heterocycles. The third-order valence-corrected chi connectivity index (χ3v) is 6.52. The average Bonchev–Trinajstić information content (AvgIpc) is 2.92. The number of anilines is 2. The summed E-state index contributed by atoms with van der Waals surface area (Å²) in [6.45, 7) is 6.30. The summed E-state index contributed by atoms with van der Waals surface area (Å²) in [6, 6.07) is 19.8. The molecular formula is C31H32N4O5. The number of nitrogens with one attached hydrogen (secondary N) is 2. The maximum absolute atomic E-state index is 13.4. The second kappa shape index (κ2) is 12.8. The van der Waals surface area contributed by atoms with Crippen LogP contribution in [0.2, 0.25) is 0 Å². The van der Waals surface area contributed by atoms with Gasteiger partial charge in [0.15, 0.2) is 0 Å². The van der Waals surface area contributed by atoms with Crippen LogP contribution in [0.15, 0.2) is 84.0 Å². The zero-order chi connectivity index (χ0) is 28.6. The summed E-state index contributed by atoms with van der Waals surface area (Å²) in [5, 5.41) is 14.7. The minimum absolute atomic E-state index is 0.0557. The number of urea groups is 1. The number of aliphatic carboxylic acids is 1. The van der Waals surface area contributed by atoms with Crippen LogP contribution in [0, 0.1) is 6.92 Å². The molecule has 0 bridgehead atoms. The first-order valence-corrected chi connectivity index (χ1v) is 13.0. The molecular weight excluding hydrogens is 508 g/mol. The first kappa shape index (κ1) is 28.1. The third kappa shape index (κ3) is 6.93. The number of benzene rings is 3. The number of aromatic nitrogens is 2. The van der Waals surface area contributed by atoms with E-state index in [4.69, 9.17) is 9.84 Å². The third-order valence-electron chi connectivity index (χ3n) is 6.52. The number of rotatable bonds is 10. The van der Waals surface area contributed by atoms with Crippen molar-refractivity contribution in [3.05, 3.63) is 106 Å². The van der Waals surface area contributed by atoms with Gasteiger partial charge in [0.25, 0.3) is 5.56 Å². The molecule has 2 amide bonds. The van der Waals surface area contributed by atoms with Crippen LogP contribution in [0.5, 0.6) is 5.75 Å². The van der Waals surface area contributed by atoms with Crippen LogP contribution >= 0.6 is 0 Å². The Kier molecular flexibility index (Phi) is 8.96. The van der Waals surface area contributed by atoms with Crippen molar-refractivity contribution in [2.45, 2.75) is 39.7 Å². The molecule has 1 heterocycles. The molecule has 40 heavy (non-hydrogen) atoms. The molecule has 1 atom stereocenters. The van der Waals surface area contributed by atoms with Crippen LogP contribution in [0.4, 0.5) is 16.2 Å². The Morgan fingerprint density at radius 1 is 1.02 bits per heavy atom. The standard InChI is InChI=1S/C31H32N4O5/c1-4-40-28-16-24(13-14-27(28)34-31(39)33-26-8-6-5-7-20(26)2)25-17-32-19-35(30(25)38)18-22-9-11-23(12-10-22)21(3)15-29(36)37/h5-14,16-17,19,21H,4,15,18H2,1-3H3,(H,36,37)(H2,33,34,39). The molecule has 9 nitrogen and oxygen atoms in total. The van der Waals surface area contributed by atoms with Crippen LogP contribution in [-0.4, -0.2) is 33.3 Å². The number of carbonyl (C=O) groups is 2. The van der Waals surface area contributed by atoms with Gasteiger partial charge in [-0.1, -0.05) is 55.5 Å². The summed E-state index contributed by atoms with van der Waals surface area (Å²) in [5.41, 5.74) is 4.71. The zero-order valence-corrected chi connectivity index (χ0v) is 22.7. The molecule has 0 saturated heterocycles. The number of hydrogen-bond acceptors (Lipinski definition) is 5. The van der Waals surface area contributed by atoms with Crippen LogP contribution in [0.25, 0.3) is 11.1 Å². The predicted molar refractivity (Wildman–Crippen MR) is 155 cm³/mol. The molecule has 0 aliphatic rings. The second-order valence-corrected chi connectivity index (χ2v) is 9.52. The van der Waals surface area contributed by atoms with Gasteiger partial charge in [0.2, 0.25) is 0 Å². The highest BCUT2D eigenvalue weighted by molar-refractivity contribution is 6.01. The number of nitrogens with zero attached hydrogens (tertiary/aromatic N) is 2. The fourth-order valence-corrected chi connectivity index (χ4v) is 4.35. The zero-order valence-electron chi connectivity index (χ0n) is 22.7. The van der Waals surface area contributed by atoms with E-state index in [0.29, 0.717) is 41.4 Å². The lowest BCUT2D eigenvalue weighted by Gasteiger charge is -2.15. The van der Waals surface area contributed by atoms with Crippen LogP contribution in [0.1, 0.15) is 42.9 Å². The van der Waals surface area contributed by atoms with Crippen molar-refractivity contribution in [2.24, 2.45) is 0 Å². The maximum Gasteiger partial charge on any atom is 0.323 e. The molecule has 3 N–H and O–H groups in total. The number of carbonyl (C=O) groups excluding carboxylic acids is 1. The first-order chi connectivity index (χ1) is 19.2. The summed E-state index contributed by atoms with van der Waals surface area (Å²) in [4.78, 5) is 41.3. The fraction of sp³-hybridized carbons (Fsp3) is 0.226. The number of ether oxygens (including phenoxy) is 1. The van der Waals surface area contributed by atoms with Crippen molar-refractivity contribution in [1.82, 2.24) is 9.55 Å². The Morgan fingerprint density at radius 2 is 1.75 bits per heavy atom.